The Labute approximate surface area is 133 Å². The van der Waals surface area contributed by atoms with Gasteiger partial charge in [-0.05, 0) is 12.8 Å². The predicted molar refractivity (Wildman–Crippen MR) is 83.8 cm³/mol. The highest BCUT2D eigenvalue weighted by Crippen LogP contribution is 2.29. The van der Waals surface area contributed by atoms with Gasteiger partial charge in [-0.25, -0.2) is 4.79 Å². The lowest BCUT2D eigenvalue weighted by atomic mass is 9.84. The van der Waals surface area contributed by atoms with E-state index >= 15 is 0 Å². The van der Waals surface area contributed by atoms with Crippen LogP contribution in [0.4, 0.5) is 4.79 Å². The summed E-state index contributed by atoms with van der Waals surface area (Å²) in [4.78, 5) is 18.6. The van der Waals surface area contributed by atoms with Crippen LogP contribution in [0.5, 0.6) is 0 Å². The minimum Gasteiger partial charge on any atom is -0.389 e. The van der Waals surface area contributed by atoms with Gasteiger partial charge in [0.1, 0.15) is 0 Å². The van der Waals surface area contributed by atoms with E-state index in [1.807, 2.05) is 9.80 Å². The average Bonchev–Trinajstić information content (AvgIpc) is 2.56. The van der Waals surface area contributed by atoms with Crippen molar-refractivity contribution in [2.75, 3.05) is 59.0 Å². The Bertz CT molecular complexity index is 371. The first-order chi connectivity index (χ1) is 10.7. The van der Waals surface area contributed by atoms with Crippen LogP contribution in [0.15, 0.2) is 0 Å². The number of β-amino-alcohol motifs (C(OH)–C–C–N with tert-alkyl or cyclic N) is 1. The minimum absolute atomic E-state index is 0.152. The zero-order valence-corrected chi connectivity index (χ0v) is 13.5. The number of rotatable bonds is 2. The third-order valence-corrected chi connectivity index (χ3v) is 5.23. The largest absolute Gasteiger partial charge is 0.389 e. The zero-order valence-electron chi connectivity index (χ0n) is 13.5. The van der Waals surface area contributed by atoms with E-state index in [0.29, 0.717) is 26.3 Å². The second kappa shape index (κ2) is 7.15. The summed E-state index contributed by atoms with van der Waals surface area (Å²) in [5, 5.41) is 10.7. The van der Waals surface area contributed by atoms with Crippen molar-refractivity contribution in [3.8, 4) is 0 Å². The van der Waals surface area contributed by atoms with Crippen LogP contribution >= 0.6 is 0 Å². The van der Waals surface area contributed by atoms with E-state index in [1.165, 1.54) is 6.42 Å². The van der Waals surface area contributed by atoms with Gasteiger partial charge < -0.3 is 19.6 Å². The van der Waals surface area contributed by atoms with E-state index in [-0.39, 0.29) is 6.03 Å². The molecule has 126 valence electrons. The number of piperazine rings is 1. The molecule has 2 heterocycles. The summed E-state index contributed by atoms with van der Waals surface area (Å²) in [5.74, 6) is 0. The second-order valence-electron chi connectivity index (χ2n) is 6.93. The summed E-state index contributed by atoms with van der Waals surface area (Å²) < 4.78 is 5.30. The van der Waals surface area contributed by atoms with Crippen LogP contribution in [0.2, 0.25) is 0 Å². The molecule has 0 bridgehead atoms. The molecule has 0 unspecified atom stereocenters. The van der Waals surface area contributed by atoms with Crippen LogP contribution in [0.25, 0.3) is 0 Å². The summed E-state index contributed by atoms with van der Waals surface area (Å²) in [5.41, 5.74) is -0.491. The van der Waals surface area contributed by atoms with E-state index in [1.54, 1.807) is 0 Å². The Balaban J connectivity index is 1.44. The fourth-order valence-corrected chi connectivity index (χ4v) is 3.84. The van der Waals surface area contributed by atoms with Gasteiger partial charge >= 0.3 is 6.03 Å². The van der Waals surface area contributed by atoms with Crippen LogP contribution in [0.1, 0.15) is 32.1 Å². The fraction of sp³-hybridized carbons (Fsp3) is 0.938. The van der Waals surface area contributed by atoms with Crippen molar-refractivity contribution >= 4 is 6.03 Å². The molecule has 6 nitrogen and oxygen atoms in total. The first kappa shape index (κ1) is 16.0. The summed E-state index contributed by atoms with van der Waals surface area (Å²) in [7, 11) is 0. The second-order valence-corrected chi connectivity index (χ2v) is 6.93. The fourth-order valence-electron chi connectivity index (χ4n) is 3.84. The lowest BCUT2D eigenvalue weighted by Gasteiger charge is -2.42. The summed E-state index contributed by atoms with van der Waals surface area (Å²) >= 11 is 0. The molecule has 0 radical (unpaired) electrons. The maximum Gasteiger partial charge on any atom is 0.320 e. The first-order valence-corrected chi connectivity index (χ1v) is 8.73. The first-order valence-electron chi connectivity index (χ1n) is 8.73. The molecule has 2 amide bonds. The van der Waals surface area contributed by atoms with Crippen molar-refractivity contribution in [1.29, 1.82) is 0 Å². The molecule has 0 aromatic heterocycles. The molecule has 22 heavy (non-hydrogen) atoms. The molecule has 0 aromatic rings. The molecule has 2 saturated heterocycles. The molecular formula is C16H29N3O3. The Hall–Kier alpha value is -0.850. The minimum atomic E-state index is -0.491. The van der Waals surface area contributed by atoms with E-state index in [2.05, 4.69) is 4.90 Å². The Morgan fingerprint density at radius 1 is 0.909 bits per heavy atom. The molecule has 1 N–H and O–H groups in total. The van der Waals surface area contributed by atoms with Crippen molar-refractivity contribution < 1.29 is 14.6 Å². The van der Waals surface area contributed by atoms with Crippen molar-refractivity contribution in [2.24, 2.45) is 0 Å². The van der Waals surface area contributed by atoms with Gasteiger partial charge in [0.2, 0.25) is 0 Å². The number of morpholine rings is 1. The number of hydrogen-bond acceptors (Lipinski definition) is 4. The van der Waals surface area contributed by atoms with Gasteiger partial charge in [0, 0.05) is 45.8 Å². The number of ether oxygens (including phenoxy) is 1. The van der Waals surface area contributed by atoms with Crippen molar-refractivity contribution in [2.45, 2.75) is 37.7 Å². The van der Waals surface area contributed by atoms with Gasteiger partial charge in [-0.1, -0.05) is 19.3 Å². The third-order valence-electron chi connectivity index (χ3n) is 5.23. The van der Waals surface area contributed by atoms with Crippen LogP contribution in [-0.4, -0.2) is 90.5 Å². The monoisotopic (exact) mass is 311 g/mol. The highest BCUT2D eigenvalue weighted by atomic mass is 16.5. The lowest BCUT2D eigenvalue weighted by Crippen LogP contribution is -2.57. The van der Waals surface area contributed by atoms with Crippen molar-refractivity contribution in [3.05, 3.63) is 0 Å². The number of hydrogen-bond donors (Lipinski definition) is 1. The maximum absolute atomic E-state index is 12.4. The number of nitrogens with zero attached hydrogens (tertiary/aromatic N) is 3. The normalized spacial score (nSPS) is 27.0. The SMILES string of the molecule is O=C(N1CCOCC1)N1CCN(CC2(O)CCCCC2)CC1. The molecule has 6 heteroatoms. The van der Waals surface area contributed by atoms with E-state index < -0.39 is 5.60 Å². The van der Waals surface area contributed by atoms with Gasteiger partial charge in [0.05, 0.1) is 18.8 Å². The Kier molecular flexibility index (Phi) is 5.21. The van der Waals surface area contributed by atoms with E-state index in [9.17, 15) is 9.90 Å². The van der Waals surface area contributed by atoms with Gasteiger partial charge in [0.25, 0.3) is 0 Å². The van der Waals surface area contributed by atoms with E-state index in [0.717, 1.165) is 58.4 Å². The van der Waals surface area contributed by atoms with Crippen LogP contribution in [-0.2, 0) is 4.74 Å². The predicted octanol–water partition coefficient (Wildman–Crippen LogP) is 0.751. The van der Waals surface area contributed by atoms with Crippen molar-refractivity contribution in [1.82, 2.24) is 14.7 Å². The highest BCUT2D eigenvalue weighted by molar-refractivity contribution is 5.74. The molecule has 3 aliphatic rings. The molecule has 0 atom stereocenters. The molecule has 1 aliphatic carbocycles. The molecule has 1 saturated carbocycles. The lowest BCUT2D eigenvalue weighted by molar-refractivity contribution is -0.0345. The average molecular weight is 311 g/mol. The number of aliphatic hydroxyl groups is 1. The van der Waals surface area contributed by atoms with E-state index in [4.69, 9.17) is 4.74 Å². The molecule has 3 fully saturated rings. The standard InChI is InChI=1S/C16H29N3O3/c20-15(19-10-12-22-13-11-19)18-8-6-17(7-9-18)14-16(21)4-2-1-3-5-16/h21H,1-14H2. The number of carbonyl (C=O) groups is 1. The van der Waals surface area contributed by atoms with Crippen molar-refractivity contribution in [3.63, 3.8) is 0 Å². The smallest absolute Gasteiger partial charge is 0.320 e. The van der Waals surface area contributed by atoms with Gasteiger partial charge in [-0.2, -0.15) is 0 Å². The number of amides is 2. The van der Waals surface area contributed by atoms with Crippen LogP contribution in [0.3, 0.4) is 0 Å². The Morgan fingerprint density at radius 2 is 1.50 bits per heavy atom. The summed E-state index contributed by atoms with van der Waals surface area (Å²) in [6.07, 6.45) is 5.40. The third kappa shape index (κ3) is 3.91. The van der Waals surface area contributed by atoms with Gasteiger partial charge in [-0.15, -0.1) is 0 Å². The quantitative estimate of drug-likeness (QED) is 0.818. The van der Waals surface area contributed by atoms with Gasteiger partial charge in [0.15, 0.2) is 0 Å². The van der Waals surface area contributed by atoms with Crippen LogP contribution < -0.4 is 0 Å². The molecule has 2 aliphatic heterocycles. The maximum atomic E-state index is 12.4. The Morgan fingerprint density at radius 3 is 2.14 bits per heavy atom. The summed E-state index contributed by atoms with van der Waals surface area (Å²) in [6, 6.07) is 0.152. The molecule has 0 spiro atoms. The number of urea groups is 1. The van der Waals surface area contributed by atoms with Crippen LogP contribution in [0, 0.1) is 0 Å². The number of carbonyl (C=O) groups excluding carboxylic acids is 1. The van der Waals surface area contributed by atoms with Gasteiger partial charge in [-0.3, -0.25) is 4.90 Å². The molecular weight excluding hydrogens is 282 g/mol. The summed E-state index contributed by atoms with van der Waals surface area (Å²) in [6.45, 7) is 6.77. The zero-order chi connectivity index (χ0) is 15.4. The molecule has 3 rings (SSSR count). The highest BCUT2D eigenvalue weighted by Gasteiger charge is 2.33. The molecule has 0 aromatic carbocycles. The topological polar surface area (TPSA) is 56.2 Å².